The third-order valence-corrected chi connectivity index (χ3v) is 4.15. The van der Waals surface area contributed by atoms with E-state index in [9.17, 15) is 9.59 Å². The van der Waals surface area contributed by atoms with Crippen molar-refractivity contribution in [3.8, 4) is 0 Å². The van der Waals surface area contributed by atoms with E-state index in [0.29, 0.717) is 18.8 Å². The number of ether oxygens (including phenoxy) is 1. The molecule has 1 aliphatic heterocycles. The maximum atomic E-state index is 12.1. The average Bonchev–Trinajstić information content (AvgIpc) is 3.14. The molecule has 136 valence electrons. The van der Waals surface area contributed by atoms with Crippen LogP contribution in [-0.4, -0.2) is 24.6 Å². The fourth-order valence-electron chi connectivity index (χ4n) is 2.86. The van der Waals surface area contributed by atoms with E-state index < -0.39 is 0 Å². The molecular formula is C20H23N3O3. The van der Waals surface area contributed by atoms with Crippen molar-refractivity contribution in [3.63, 3.8) is 0 Å². The molecule has 1 atom stereocenters. The zero-order valence-corrected chi connectivity index (χ0v) is 14.7. The Morgan fingerprint density at radius 2 is 1.81 bits per heavy atom. The second kappa shape index (κ2) is 8.49. The number of nitrogens with one attached hydrogen (secondary N) is 3. The number of rotatable bonds is 5. The van der Waals surface area contributed by atoms with Gasteiger partial charge in [-0.2, -0.15) is 0 Å². The molecule has 3 amide bonds. The number of hydrogen-bond acceptors (Lipinski definition) is 3. The number of carbonyl (C=O) groups excluding carboxylic acids is 2. The van der Waals surface area contributed by atoms with E-state index in [1.807, 2.05) is 49.4 Å². The summed E-state index contributed by atoms with van der Waals surface area (Å²) in [7, 11) is 0. The second-order valence-electron chi connectivity index (χ2n) is 6.37. The van der Waals surface area contributed by atoms with Gasteiger partial charge in [0.15, 0.2) is 0 Å². The molecule has 1 saturated heterocycles. The maximum absolute atomic E-state index is 12.1. The molecule has 0 saturated carbocycles. The van der Waals surface area contributed by atoms with Crippen molar-refractivity contribution in [2.45, 2.75) is 32.4 Å². The lowest BCUT2D eigenvalue weighted by Gasteiger charge is -2.12. The average molecular weight is 353 g/mol. The normalized spacial score (nSPS) is 16.1. The Bertz CT molecular complexity index is 785. The van der Waals surface area contributed by atoms with Gasteiger partial charge in [-0.05, 0) is 55.2 Å². The first kappa shape index (κ1) is 17.9. The Kier molecular flexibility index (Phi) is 5.86. The summed E-state index contributed by atoms with van der Waals surface area (Å²) in [5.74, 6) is -0.0851. The number of amides is 3. The van der Waals surface area contributed by atoms with Gasteiger partial charge in [0.05, 0.1) is 0 Å². The number of benzene rings is 2. The van der Waals surface area contributed by atoms with E-state index >= 15 is 0 Å². The van der Waals surface area contributed by atoms with Gasteiger partial charge in [-0.3, -0.25) is 4.79 Å². The Balaban J connectivity index is 1.53. The fourth-order valence-corrected chi connectivity index (χ4v) is 2.86. The van der Waals surface area contributed by atoms with E-state index in [1.165, 1.54) is 0 Å². The molecule has 0 spiro atoms. The molecule has 1 aliphatic rings. The van der Waals surface area contributed by atoms with Crippen molar-refractivity contribution in [2.75, 3.05) is 17.2 Å². The van der Waals surface area contributed by atoms with Crippen LogP contribution in [0.3, 0.4) is 0 Å². The Morgan fingerprint density at radius 1 is 1.08 bits per heavy atom. The molecule has 0 bridgehead atoms. The lowest BCUT2D eigenvalue weighted by Crippen LogP contribution is -2.33. The van der Waals surface area contributed by atoms with Gasteiger partial charge in [-0.25, -0.2) is 4.79 Å². The molecule has 1 heterocycles. The van der Waals surface area contributed by atoms with Crippen molar-refractivity contribution in [1.29, 1.82) is 0 Å². The number of carbonyl (C=O) groups is 2. The zero-order valence-electron chi connectivity index (χ0n) is 14.7. The highest BCUT2D eigenvalue weighted by Crippen LogP contribution is 2.15. The monoisotopic (exact) mass is 353 g/mol. The maximum Gasteiger partial charge on any atom is 0.323 e. The smallest absolute Gasteiger partial charge is 0.323 e. The van der Waals surface area contributed by atoms with Crippen LogP contribution in [0.2, 0.25) is 0 Å². The summed E-state index contributed by atoms with van der Waals surface area (Å²) < 4.78 is 5.37. The van der Waals surface area contributed by atoms with Crippen LogP contribution in [-0.2, 0) is 16.1 Å². The number of aryl methyl sites for hydroxylation is 1. The summed E-state index contributed by atoms with van der Waals surface area (Å²) in [5, 5.41) is 8.48. The van der Waals surface area contributed by atoms with E-state index in [2.05, 4.69) is 16.0 Å². The van der Waals surface area contributed by atoms with Gasteiger partial charge in [0.2, 0.25) is 5.91 Å². The summed E-state index contributed by atoms with van der Waals surface area (Å²) in [6.45, 7) is 3.01. The third kappa shape index (κ3) is 5.07. The minimum Gasteiger partial charge on any atom is -0.368 e. The van der Waals surface area contributed by atoms with Crippen LogP contribution in [0.15, 0.2) is 48.5 Å². The second-order valence-corrected chi connectivity index (χ2v) is 6.37. The molecule has 2 aromatic carbocycles. The molecule has 0 radical (unpaired) electrons. The van der Waals surface area contributed by atoms with Crippen LogP contribution in [0.1, 0.15) is 24.0 Å². The first-order valence-corrected chi connectivity index (χ1v) is 8.73. The van der Waals surface area contributed by atoms with Crippen molar-refractivity contribution in [3.05, 3.63) is 59.7 Å². The topological polar surface area (TPSA) is 79.5 Å². The molecule has 2 aromatic rings. The SMILES string of the molecule is Cc1cccc(NC(=O)Nc2cccc(CNC(=O)C3CCCO3)c2)c1. The summed E-state index contributed by atoms with van der Waals surface area (Å²) in [6.07, 6.45) is 1.36. The molecule has 0 aliphatic carbocycles. The number of hydrogen-bond donors (Lipinski definition) is 3. The summed E-state index contributed by atoms with van der Waals surface area (Å²) in [4.78, 5) is 24.1. The van der Waals surface area contributed by atoms with Crippen LogP contribution < -0.4 is 16.0 Å². The predicted octanol–water partition coefficient (Wildman–Crippen LogP) is 3.43. The number of anilines is 2. The number of urea groups is 1. The van der Waals surface area contributed by atoms with Gasteiger partial charge in [-0.15, -0.1) is 0 Å². The van der Waals surface area contributed by atoms with Gasteiger partial charge >= 0.3 is 6.03 Å². The Morgan fingerprint density at radius 3 is 2.50 bits per heavy atom. The molecule has 6 nitrogen and oxygen atoms in total. The van der Waals surface area contributed by atoms with E-state index in [1.54, 1.807) is 6.07 Å². The zero-order chi connectivity index (χ0) is 18.4. The summed E-state index contributed by atoms with van der Waals surface area (Å²) in [6, 6.07) is 14.7. The predicted molar refractivity (Wildman–Crippen MR) is 101 cm³/mol. The van der Waals surface area contributed by atoms with Gasteiger partial charge in [-0.1, -0.05) is 24.3 Å². The van der Waals surface area contributed by atoms with Crippen LogP contribution in [0.5, 0.6) is 0 Å². The Labute approximate surface area is 152 Å². The summed E-state index contributed by atoms with van der Waals surface area (Å²) >= 11 is 0. The molecule has 1 fully saturated rings. The van der Waals surface area contributed by atoms with E-state index in [4.69, 9.17) is 4.74 Å². The molecule has 3 N–H and O–H groups in total. The standard InChI is InChI=1S/C20H23N3O3/c1-14-5-2-7-16(11-14)22-20(25)23-17-8-3-6-15(12-17)13-21-19(24)18-9-4-10-26-18/h2-3,5-8,11-12,18H,4,9-10,13H2,1H3,(H,21,24)(H2,22,23,25). The van der Waals surface area contributed by atoms with Crippen molar-refractivity contribution in [1.82, 2.24) is 5.32 Å². The van der Waals surface area contributed by atoms with Crippen molar-refractivity contribution >= 4 is 23.3 Å². The lowest BCUT2D eigenvalue weighted by atomic mass is 10.2. The Hall–Kier alpha value is -2.86. The summed E-state index contributed by atoms with van der Waals surface area (Å²) in [5.41, 5.74) is 3.39. The lowest BCUT2D eigenvalue weighted by molar-refractivity contribution is -0.130. The van der Waals surface area contributed by atoms with Crippen LogP contribution in [0.25, 0.3) is 0 Å². The van der Waals surface area contributed by atoms with Crippen LogP contribution in [0.4, 0.5) is 16.2 Å². The first-order chi connectivity index (χ1) is 12.6. The van der Waals surface area contributed by atoms with Crippen LogP contribution in [0, 0.1) is 6.92 Å². The van der Waals surface area contributed by atoms with E-state index in [-0.39, 0.29) is 18.0 Å². The highest BCUT2D eigenvalue weighted by molar-refractivity contribution is 5.99. The molecule has 1 unspecified atom stereocenters. The highest BCUT2D eigenvalue weighted by atomic mass is 16.5. The van der Waals surface area contributed by atoms with Gasteiger partial charge in [0, 0.05) is 24.5 Å². The highest BCUT2D eigenvalue weighted by Gasteiger charge is 2.22. The van der Waals surface area contributed by atoms with Gasteiger partial charge < -0.3 is 20.7 Å². The third-order valence-electron chi connectivity index (χ3n) is 4.15. The largest absolute Gasteiger partial charge is 0.368 e. The molecular weight excluding hydrogens is 330 g/mol. The van der Waals surface area contributed by atoms with Crippen molar-refractivity contribution < 1.29 is 14.3 Å². The quantitative estimate of drug-likeness (QED) is 0.770. The molecule has 3 rings (SSSR count). The van der Waals surface area contributed by atoms with E-state index in [0.717, 1.165) is 29.7 Å². The van der Waals surface area contributed by atoms with Crippen molar-refractivity contribution in [2.24, 2.45) is 0 Å². The minimum absolute atomic E-state index is 0.0851. The fraction of sp³-hybridized carbons (Fsp3) is 0.300. The minimum atomic E-state index is -0.337. The molecule has 6 heteroatoms. The van der Waals surface area contributed by atoms with Gasteiger partial charge in [0.25, 0.3) is 0 Å². The molecule has 26 heavy (non-hydrogen) atoms. The van der Waals surface area contributed by atoms with Crippen LogP contribution >= 0.6 is 0 Å². The van der Waals surface area contributed by atoms with Gasteiger partial charge in [0.1, 0.15) is 6.10 Å². The molecule has 0 aromatic heterocycles. The first-order valence-electron chi connectivity index (χ1n) is 8.73.